The number of carboxylic acids is 1. The second-order valence-electron chi connectivity index (χ2n) is 4.81. The fourth-order valence-corrected chi connectivity index (χ4v) is 1.97. The van der Waals surface area contributed by atoms with E-state index in [0.717, 1.165) is 6.42 Å². The van der Waals surface area contributed by atoms with Gasteiger partial charge in [-0.2, -0.15) is 0 Å². The maximum Gasteiger partial charge on any atom is 0.307 e. The summed E-state index contributed by atoms with van der Waals surface area (Å²) in [6, 6.07) is 8.16. The maximum atomic E-state index is 11.6. The van der Waals surface area contributed by atoms with Crippen LogP contribution in [0.5, 0.6) is 0 Å². The molecule has 96 valence electrons. The number of amides is 1. The zero-order valence-electron chi connectivity index (χ0n) is 10.3. The van der Waals surface area contributed by atoms with Gasteiger partial charge >= 0.3 is 5.97 Å². The van der Waals surface area contributed by atoms with Crippen molar-refractivity contribution < 1.29 is 14.7 Å². The van der Waals surface area contributed by atoms with Gasteiger partial charge in [0, 0.05) is 6.54 Å². The van der Waals surface area contributed by atoms with Gasteiger partial charge in [0.1, 0.15) is 0 Å². The van der Waals surface area contributed by atoms with E-state index < -0.39 is 11.9 Å². The van der Waals surface area contributed by atoms with Crippen molar-refractivity contribution in [2.75, 3.05) is 6.54 Å². The van der Waals surface area contributed by atoms with E-state index in [-0.39, 0.29) is 11.8 Å². The Morgan fingerprint density at radius 1 is 1.28 bits per heavy atom. The number of aryl methyl sites for hydroxylation is 1. The lowest BCUT2D eigenvalue weighted by Gasteiger charge is -2.05. The van der Waals surface area contributed by atoms with Gasteiger partial charge in [0.15, 0.2) is 0 Å². The van der Waals surface area contributed by atoms with E-state index >= 15 is 0 Å². The van der Waals surface area contributed by atoms with Gasteiger partial charge in [-0.15, -0.1) is 0 Å². The molecule has 1 aromatic carbocycles. The van der Waals surface area contributed by atoms with Gasteiger partial charge in [0.05, 0.1) is 11.8 Å². The molecule has 0 radical (unpaired) electrons. The van der Waals surface area contributed by atoms with Crippen LogP contribution in [0.4, 0.5) is 0 Å². The Kier molecular flexibility index (Phi) is 3.65. The number of hydrogen-bond donors (Lipinski definition) is 2. The topological polar surface area (TPSA) is 66.4 Å². The average molecular weight is 247 g/mol. The maximum absolute atomic E-state index is 11.6. The van der Waals surface area contributed by atoms with Crippen molar-refractivity contribution >= 4 is 11.9 Å². The lowest BCUT2D eigenvalue weighted by Crippen LogP contribution is -2.28. The molecule has 1 fully saturated rings. The fourth-order valence-electron chi connectivity index (χ4n) is 1.97. The van der Waals surface area contributed by atoms with Crippen LogP contribution in [0.1, 0.15) is 17.5 Å². The first-order valence-corrected chi connectivity index (χ1v) is 6.14. The van der Waals surface area contributed by atoms with Crippen LogP contribution < -0.4 is 5.32 Å². The van der Waals surface area contributed by atoms with E-state index in [1.54, 1.807) is 0 Å². The highest BCUT2D eigenvalue weighted by molar-refractivity contribution is 5.89. The predicted molar refractivity (Wildman–Crippen MR) is 67.1 cm³/mol. The molecule has 2 atom stereocenters. The van der Waals surface area contributed by atoms with Crippen molar-refractivity contribution in [2.45, 2.75) is 19.8 Å². The van der Waals surface area contributed by atoms with Gasteiger partial charge in [0.25, 0.3) is 0 Å². The Bertz CT molecular complexity index is 453. The molecule has 4 nitrogen and oxygen atoms in total. The van der Waals surface area contributed by atoms with E-state index in [1.165, 1.54) is 11.1 Å². The number of rotatable bonds is 5. The van der Waals surface area contributed by atoms with Crippen molar-refractivity contribution in [3.05, 3.63) is 35.4 Å². The summed E-state index contributed by atoms with van der Waals surface area (Å²) in [6.07, 6.45) is 1.25. The third-order valence-corrected chi connectivity index (χ3v) is 3.28. The second-order valence-corrected chi connectivity index (χ2v) is 4.81. The lowest BCUT2D eigenvalue weighted by atomic mass is 10.1. The normalized spacial score (nSPS) is 21.4. The van der Waals surface area contributed by atoms with Gasteiger partial charge < -0.3 is 10.4 Å². The molecular formula is C14H17NO3. The molecule has 0 spiro atoms. The number of carbonyl (C=O) groups is 2. The number of hydrogen-bond acceptors (Lipinski definition) is 2. The molecule has 18 heavy (non-hydrogen) atoms. The first kappa shape index (κ1) is 12.6. The van der Waals surface area contributed by atoms with Crippen LogP contribution in [0.15, 0.2) is 24.3 Å². The molecule has 1 aliphatic rings. The minimum Gasteiger partial charge on any atom is -0.481 e. The molecular weight excluding hydrogens is 230 g/mol. The van der Waals surface area contributed by atoms with E-state index in [4.69, 9.17) is 5.11 Å². The minimum absolute atomic E-state index is 0.130. The Morgan fingerprint density at radius 2 is 1.94 bits per heavy atom. The largest absolute Gasteiger partial charge is 0.481 e. The van der Waals surface area contributed by atoms with Crippen LogP contribution in [0.3, 0.4) is 0 Å². The van der Waals surface area contributed by atoms with Crippen LogP contribution in [0.2, 0.25) is 0 Å². The summed E-state index contributed by atoms with van der Waals surface area (Å²) in [5, 5.41) is 11.5. The van der Waals surface area contributed by atoms with Crippen molar-refractivity contribution in [1.82, 2.24) is 5.32 Å². The molecule has 2 unspecified atom stereocenters. The van der Waals surface area contributed by atoms with Crippen LogP contribution >= 0.6 is 0 Å². The standard InChI is InChI=1S/C14H17NO3/c1-9-2-4-10(5-3-9)6-7-15-13(16)11-8-12(11)14(17)18/h2-5,11-12H,6-8H2,1H3,(H,15,16)(H,17,18). The number of aliphatic carboxylic acids is 1. The molecule has 1 saturated carbocycles. The summed E-state index contributed by atoms with van der Waals surface area (Å²) in [7, 11) is 0. The Hall–Kier alpha value is -1.84. The molecule has 1 aliphatic carbocycles. The number of benzene rings is 1. The first-order valence-electron chi connectivity index (χ1n) is 6.14. The smallest absolute Gasteiger partial charge is 0.307 e. The van der Waals surface area contributed by atoms with Gasteiger partial charge in [-0.3, -0.25) is 9.59 Å². The molecule has 2 N–H and O–H groups in total. The van der Waals surface area contributed by atoms with Gasteiger partial charge in [0.2, 0.25) is 5.91 Å². The van der Waals surface area contributed by atoms with Crippen molar-refractivity contribution in [1.29, 1.82) is 0 Å². The molecule has 0 saturated heterocycles. The fraction of sp³-hybridized carbons (Fsp3) is 0.429. The molecule has 1 amide bonds. The van der Waals surface area contributed by atoms with Gasteiger partial charge in [-0.05, 0) is 25.3 Å². The molecule has 1 aromatic rings. The molecule has 0 bridgehead atoms. The zero-order valence-corrected chi connectivity index (χ0v) is 10.3. The van der Waals surface area contributed by atoms with E-state index in [0.29, 0.717) is 13.0 Å². The third kappa shape index (κ3) is 3.09. The summed E-state index contributed by atoms with van der Waals surface area (Å²) < 4.78 is 0. The number of nitrogens with one attached hydrogen (secondary N) is 1. The van der Waals surface area contributed by atoms with Crippen LogP contribution in [-0.4, -0.2) is 23.5 Å². The highest BCUT2D eigenvalue weighted by Gasteiger charge is 2.48. The van der Waals surface area contributed by atoms with Crippen molar-refractivity contribution in [3.8, 4) is 0 Å². The van der Waals surface area contributed by atoms with E-state index in [2.05, 4.69) is 5.32 Å². The summed E-state index contributed by atoms with van der Waals surface area (Å²) in [5.74, 6) is -1.78. The Balaban J connectivity index is 1.71. The second kappa shape index (κ2) is 5.21. The van der Waals surface area contributed by atoms with Crippen LogP contribution in [-0.2, 0) is 16.0 Å². The third-order valence-electron chi connectivity index (χ3n) is 3.28. The Labute approximate surface area is 106 Å². The summed E-state index contributed by atoms with van der Waals surface area (Å²) in [6.45, 7) is 2.59. The van der Waals surface area contributed by atoms with Gasteiger partial charge in [-0.1, -0.05) is 29.8 Å². The number of carbonyl (C=O) groups excluding carboxylic acids is 1. The molecule has 4 heteroatoms. The zero-order chi connectivity index (χ0) is 13.1. The molecule has 2 rings (SSSR count). The van der Waals surface area contributed by atoms with E-state index in [9.17, 15) is 9.59 Å². The summed E-state index contributed by atoms with van der Waals surface area (Å²) >= 11 is 0. The molecule has 0 aliphatic heterocycles. The first-order chi connectivity index (χ1) is 8.58. The summed E-state index contributed by atoms with van der Waals surface area (Å²) in [5.41, 5.74) is 2.39. The van der Waals surface area contributed by atoms with Gasteiger partial charge in [-0.25, -0.2) is 0 Å². The summed E-state index contributed by atoms with van der Waals surface area (Å²) in [4.78, 5) is 22.2. The highest BCUT2D eigenvalue weighted by atomic mass is 16.4. The lowest BCUT2D eigenvalue weighted by molar-refractivity contribution is -0.140. The highest BCUT2D eigenvalue weighted by Crippen LogP contribution is 2.38. The Morgan fingerprint density at radius 3 is 2.50 bits per heavy atom. The molecule has 0 heterocycles. The SMILES string of the molecule is Cc1ccc(CCNC(=O)C2CC2C(=O)O)cc1. The molecule has 0 aromatic heterocycles. The monoisotopic (exact) mass is 247 g/mol. The van der Waals surface area contributed by atoms with Crippen LogP contribution in [0.25, 0.3) is 0 Å². The van der Waals surface area contributed by atoms with Crippen molar-refractivity contribution in [2.24, 2.45) is 11.8 Å². The average Bonchev–Trinajstić information content (AvgIpc) is 3.11. The van der Waals surface area contributed by atoms with E-state index in [1.807, 2.05) is 31.2 Å². The van der Waals surface area contributed by atoms with Crippen molar-refractivity contribution in [3.63, 3.8) is 0 Å². The predicted octanol–water partition coefficient (Wildman–Crippen LogP) is 1.37. The number of carboxylic acid groups (broad SMARTS) is 1. The van der Waals surface area contributed by atoms with Crippen LogP contribution in [0, 0.1) is 18.8 Å². The minimum atomic E-state index is -0.867. The quantitative estimate of drug-likeness (QED) is 0.826.